The summed E-state index contributed by atoms with van der Waals surface area (Å²) in [6, 6.07) is 0. The van der Waals surface area contributed by atoms with Crippen molar-refractivity contribution in [3.63, 3.8) is 0 Å². The van der Waals surface area contributed by atoms with E-state index in [1.165, 1.54) is 5.56 Å². The first kappa shape index (κ1) is 16.9. The molecule has 0 radical (unpaired) electrons. The Bertz CT molecular complexity index is 442. The van der Waals surface area contributed by atoms with E-state index < -0.39 is 5.60 Å². The topological polar surface area (TPSA) is 47.0 Å². The molecule has 0 aliphatic rings. The maximum Gasteiger partial charge on any atom is 0.162 e. The van der Waals surface area contributed by atoms with E-state index in [9.17, 15) is 0 Å². The van der Waals surface area contributed by atoms with Gasteiger partial charge in [0.1, 0.15) is 11.4 Å². The molecule has 4 nitrogen and oxygen atoms in total. The highest BCUT2D eigenvalue weighted by Gasteiger charge is 2.27. The summed E-state index contributed by atoms with van der Waals surface area (Å²) >= 11 is 0. The highest BCUT2D eigenvalue weighted by molar-refractivity contribution is 5.48. The Labute approximate surface area is 123 Å². The number of rotatable bonds is 7. The molecule has 114 valence electrons. The van der Waals surface area contributed by atoms with Crippen molar-refractivity contribution in [1.82, 2.24) is 9.97 Å². The van der Waals surface area contributed by atoms with Crippen molar-refractivity contribution in [1.29, 1.82) is 0 Å². The highest BCUT2D eigenvalue weighted by atomic mass is 16.5. The second kappa shape index (κ2) is 7.02. The number of anilines is 1. The minimum atomic E-state index is -0.461. The van der Waals surface area contributed by atoms with E-state index in [1.54, 1.807) is 0 Å². The first-order chi connectivity index (χ1) is 9.33. The lowest BCUT2D eigenvalue weighted by Gasteiger charge is -2.26. The third-order valence-corrected chi connectivity index (χ3v) is 3.30. The molecule has 0 saturated heterocycles. The largest absolute Gasteiger partial charge is 0.370 e. The van der Waals surface area contributed by atoms with Crippen molar-refractivity contribution in [3.05, 3.63) is 17.1 Å². The van der Waals surface area contributed by atoms with Crippen LogP contribution in [0.3, 0.4) is 0 Å². The molecule has 0 atom stereocenters. The van der Waals surface area contributed by atoms with Crippen molar-refractivity contribution < 1.29 is 4.74 Å². The molecule has 0 fully saturated rings. The van der Waals surface area contributed by atoms with Gasteiger partial charge in [-0.15, -0.1) is 0 Å². The molecule has 1 N–H and O–H groups in total. The molecule has 0 amide bonds. The average molecular weight is 279 g/mol. The lowest BCUT2D eigenvalue weighted by molar-refractivity contribution is -0.0208. The predicted molar refractivity (Wildman–Crippen MR) is 84.3 cm³/mol. The zero-order valence-electron chi connectivity index (χ0n) is 14.0. The molecule has 4 heteroatoms. The Kier molecular flexibility index (Phi) is 5.93. The van der Waals surface area contributed by atoms with E-state index in [1.807, 2.05) is 20.8 Å². The monoisotopic (exact) mass is 279 g/mol. The highest BCUT2D eigenvalue weighted by Crippen LogP contribution is 2.29. The molecule has 1 rings (SSSR count). The molecule has 1 heterocycles. The fourth-order valence-electron chi connectivity index (χ4n) is 2.35. The lowest BCUT2D eigenvalue weighted by atomic mass is 10.0. The number of ether oxygens (including phenoxy) is 1. The predicted octanol–water partition coefficient (Wildman–Crippen LogP) is 4.00. The molecule has 0 spiro atoms. The molecule has 1 aromatic heterocycles. The quantitative estimate of drug-likeness (QED) is 0.819. The van der Waals surface area contributed by atoms with Gasteiger partial charge in [-0.05, 0) is 40.0 Å². The lowest BCUT2D eigenvalue weighted by Crippen LogP contribution is -2.26. The Morgan fingerprint density at radius 3 is 2.35 bits per heavy atom. The summed E-state index contributed by atoms with van der Waals surface area (Å²) in [5.41, 5.74) is 1.78. The first-order valence-corrected chi connectivity index (χ1v) is 7.60. The van der Waals surface area contributed by atoms with Crippen molar-refractivity contribution in [2.75, 3.05) is 18.5 Å². The summed E-state index contributed by atoms with van der Waals surface area (Å²) in [5, 5.41) is 3.43. The van der Waals surface area contributed by atoms with Crippen LogP contribution >= 0.6 is 0 Å². The summed E-state index contributed by atoms with van der Waals surface area (Å²) in [6.07, 6.45) is 1.07. The van der Waals surface area contributed by atoms with Crippen LogP contribution in [0, 0.1) is 6.92 Å². The maximum absolute atomic E-state index is 5.78. The number of hydrogen-bond acceptors (Lipinski definition) is 4. The number of nitrogens with zero attached hydrogens (tertiary/aromatic N) is 2. The molecule has 0 aliphatic heterocycles. The molecule has 1 aromatic rings. The third kappa shape index (κ3) is 3.92. The van der Waals surface area contributed by atoms with Crippen LogP contribution in [-0.4, -0.2) is 23.1 Å². The van der Waals surface area contributed by atoms with Crippen LogP contribution in [-0.2, 0) is 10.3 Å². The van der Waals surface area contributed by atoms with Crippen molar-refractivity contribution in [2.45, 2.75) is 66.4 Å². The van der Waals surface area contributed by atoms with Gasteiger partial charge in [0.05, 0.1) is 0 Å². The van der Waals surface area contributed by atoms with Gasteiger partial charge in [-0.1, -0.05) is 20.8 Å². The van der Waals surface area contributed by atoms with E-state index >= 15 is 0 Å². The molecular formula is C16H29N3O. The number of hydrogen-bond donors (Lipinski definition) is 1. The summed E-state index contributed by atoms with van der Waals surface area (Å²) in [5.74, 6) is 2.11. The SMILES string of the molecule is CCCNc1nc(C(C)(C)OCC)nc(C)c1C(C)C. The summed E-state index contributed by atoms with van der Waals surface area (Å²) in [4.78, 5) is 9.41. The molecular weight excluding hydrogens is 250 g/mol. The van der Waals surface area contributed by atoms with Crippen LogP contribution in [0.15, 0.2) is 0 Å². The van der Waals surface area contributed by atoms with Crippen LogP contribution in [0.1, 0.15) is 71.0 Å². The number of nitrogens with one attached hydrogen (secondary N) is 1. The van der Waals surface area contributed by atoms with Crippen LogP contribution in [0.25, 0.3) is 0 Å². The normalized spacial score (nSPS) is 12.0. The Balaban J connectivity index is 3.27. The van der Waals surface area contributed by atoms with Gasteiger partial charge in [-0.2, -0.15) is 0 Å². The zero-order chi connectivity index (χ0) is 15.3. The van der Waals surface area contributed by atoms with E-state index in [0.717, 1.165) is 30.3 Å². The van der Waals surface area contributed by atoms with Gasteiger partial charge in [0.2, 0.25) is 0 Å². The Hall–Kier alpha value is -1.16. The number of aryl methyl sites for hydroxylation is 1. The van der Waals surface area contributed by atoms with E-state index in [0.29, 0.717) is 12.5 Å². The molecule has 0 unspecified atom stereocenters. The molecule has 0 aliphatic carbocycles. The van der Waals surface area contributed by atoms with Crippen LogP contribution in [0.4, 0.5) is 5.82 Å². The van der Waals surface area contributed by atoms with Gasteiger partial charge in [0.15, 0.2) is 5.82 Å². The fraction of sp³-hybridized carbons (Fsp3) is 0.750. The Morgan fingerprint density at radius 1 is 1.20 bits per heavy atom. The van der Waals surface area contributed by atoms with Gasteiger partial charge in [0, 0.05) is 24.4 Å². The van der Waals surface area contributed by atoms with Gasteiger partial charge in [-0.3, -0.25) is 0 Å². The molecule has 20 heavy (non-hydrogen) atoms. The van der Waals surface area contributed by atoms with E-state index in [4.69, 9.17) is 9.72 Å². The van der Waals surface area contributed by atoms with Crippen molar-refractivity contribution >= 4 is 5.82 Å². The molecule has 0 bridgehead atoms. The van der Waals surface area contributed by atoms with Crippen LogP contribution in [0.5, 0.6) is 0 Å². The summed E-state index contributed by atoms with van der Waals surface area (Å²) < 4.78 is 5.78. The average Bonchev–Trinajstić information content (AvgIpc) is 2.34. The molecule has 0 aromatic carbocycles. The fourth-order valence-corrected chi connectivity index (χ4v) is 2.35. The molecule has 0 saturated carbocycles. The van der Waals surface area contributed by atoms with Gasteiger partial charge in [0.25, 0.3) is 0 Å². The third-order valence-electron chi connectivity index (χ3n) is 3.30. The van der Waals surface area contributed by atoms with E-state index in [2.05, 4.69) is 38.0 Å². The van der Waals surface area contributed by atoms with Gasteiger partial charge in [-0.25, -0.2) is 9.97 Å². The smallest absolute Gasteiger partial charge is 0.162 e. The Morgan fingerprint density at radius 2 is 1.85 bits per heavy atom. The zero-order valence-corrected chi connectivity index (χ0v) is 14.0. The first-order valence-electron chi connectivity index (χ1n) is 7.60. The van der Waals surface area contributed by atoms with Crippen LogP contribution < -0.4 is 5.32 Å². The van der Waals surface area contributed by atoms with Gasteiger partial charge < -0.3 is 10.1 Å². The second-order valence-electron chi connectivity index (χ2n) is 5.92. The van der Waals surface area contributed by atoms with Crippen LogP contribution in [0.2, 0.25) is 0 Å². The maximum atomic E-state index is 5.78. The van der Waals surface area contributed by atoms with Gasteiger partial charge >= 0.3 is 0 Å². The summed E-state index contributed by atoms with van der Waals surface area (Å²) in [6.45, 7) is 16.2. The number of aromatic nitrogens is 2. The minimum absolute atomic E-state index is 0.401. The summed E-state index contributed by atoms with van der Waals surface area (Å²) in [7, 11) is 0. The van der Waals surface area contributed by atoms with E-state index in [-0.39, 0.29) is 0 Å². The standard InChI is InChI=1S/C16H29N3O/c1-8-10-17-14-13(11(3)4)12(5)18-15(19-14)16(6,7)20-9-2/h11H,8-10H2,1-7H3,(H,17,18,19). The second-order valence-corrected chi connectivity index (χ2v) is 5.92. The van der Waals surface area contributed by atoms with Crippen molar-refractivity contribution in [2.24, 2.45) is 0 Å². The van der Waals surface area contributed by atoms with Crippen molar-refractivity contribution in [3.8, 4) is 0 Å². The minimum Gasteiger partial charge on any atom is -0.370 e.